The van der Waals surface area contributed by atoms with E-state index in [9.17, 15) is 41.1 Å². The molecule has 8 N–H and O–H groups in total. The number of ether oxygens (including phenoxy) is 5. The molecule has 5 aromatic carbocycles. The van der Waals surface area contributed by atoms with Crippen molar-refractivity contribution in [3.8, 4) is 40.1 Å². The zero-order valence-electron chi connectivity index (χ0n) is 67.7. The molecule has 0 radical (unpaired) electrons. The molecule has 8 bridgehead atoms. The van der Waals surface area contributed by atoms with Crippen molar-refractivity contribution in [3.63, 3.8) is 0 Å². The minimum absolute atomic E-state index is 0.000990. The SMILES string of the molecule is CC(F)(F)c1ccc(OCC(=O)NC23CC(Nc4ccnc5cc(Cl)ccc45)(C2)C3)cn1.CC(F)n1cc(-c2ccnc(NC34CC(NC(=O)COc5ccc(Cl)c(F)c5)(C3)C4)n2)cn1.CCOc1cc(C)nc(NC23CC(NC(=O)COc4ccc(Cl)c(F)c4)(C2)C3)n1.Cc1cc(OCC(=O)NC23CC(Nc4ccnc5cc(Cl)ccc45)(C2)C3)ccc1Cl. The number of fused-ring (bicyclic) bond motifs is 2. The molecule has 6 aromatic heterocycles. The number of alkyl halides is 3. The third kappa shape index (κ3) is 19.1. The molecular weight excluding hydrogens is 1710 g/mol. The normalized spacial score (nSPS) is 23.9. The van der Waals surface area contributed by atoms with E-state index >= 15 is 0 Å². The summed E-state index contributed by atoms with van der Waals surface area (Å²) in [6.07, 6.45) is 18.1. The van der Waals surface area contributed by atoms with Gasteiger partial charge in [-0.15, -0.1) is 0 Å². The number of pyridine rings is 3. The van der Waals surface area contributed by atoms with E-state index in [1.54, 1.807) is 55.2 Å². The molecule has 1 unspecified atom stereocenters. The smallest absolute Gasteiger partial charge is 0.286 e. The first-order valence-corrected chi connectivity index (χ1v) is 41.9. The summed E-state index contributed by atoms with van der Waals surface area (Å²) in [6, 6.07) is 34.9. The second-order valence-electron chi connectivity index (χ2n) is 33.7. The molecular formula is C88H85Cl5F5N17O9. The molecule has 11 aromatic rings. The Hall–Kier alpha value is -11.4. The highest BCUT2D eigenvalue weighted by molar-refractivity contribution is 6.32. The van der Waals surface area contributed by atoms with E-state index in [0.717, 1.165) is 141 Å². The van der Waals surface area contributed by atoms with E-state index in [-0.39, 0.29) is 127 Å². The van der Waals surface area contributed by atoms with Crippen molar-refractivity contribution in [2.45, 2.75) is 168 Å². The number of amides is 4. The van der Waals surface area contributed by atoms with Crippen molar-refractivity contribution < 1.29 is 64.8 Å². The van der Waals surface area contributed by atoms with E-state index in [1.165, 1.54) is 54.2 Å². The fraction of sp³-hybridized carbons (Fsp3) is 0.364. The first-order chi connectivity index (χ1) is 59.1. The maximum absolute atomic E-state index is 13.5. The Bertz CT molecular complexity index is 5880. The summed E-state index contributed by atoms with van der Waals surface area (Å²) in [5.41, 5.74) is 5.45. The highest BCUT2D eigenvalue weighted by Crippen LogP contribution is 2.65. The summed E-state index contributed by atoms with van der Waals surface area (Å²) >= 11 is 29.4. The summed E-state index contributed by atoms with van der Waals surface area (Å²) in [6.45, 7) is 7.86. The van der Waals surface area contributed by atoms with Gasteiger partial charge in [-0.1, -0.05) is 58.0 Å². The fourth-order valence-electron chi connectivity index (χ4n) is 18.3. The van der Waals surface area contributed by atoms with Crippen molar-refractivity contribution >= 4 is 127 Å². The van der Waals surface area contributed by atoms with Crippen LogP contribution in [0.3, 0.4) is 0 Å². The number of benzene rings is 5. The van der Waals surface area contributed by atoms with Crippen LogP contribution in [0.4, 0.5) is 45.2 Å². The molecule has 36 heteroatoms. The monoisotopic (exact) mass is 1790 g/mol. The summed E-state index contributed by atoms with van der Waals surface area (Å²) in [5, 5.41) is 34.3. The average Bonchev–Trinajstić information content (AvgIpc) is 0.728. The lowest BCUT2D eigenvalue weighted by molar-refractivity contribution is -0.136. The Morgan fingerprint density at radius 1 is 0.468 bits per heavy atom. The number of rotatable bonds is 29. The van der Waals surface area contributed by atoms with Crippen molar-refractivity contribution in [2.24, 2.45) is 0 Å². The lowest BCUT2D eigenvalue weighted by atomic mass is 9.44. The molecule has 12 fully saturated rings. The van der Waals surface area contributed by atoms with Crippen LogP contribution >= 0.6 is 58.0 Å². The quantitative estimate of drug-likeness (QED) is 0.0202. The third-order valence-electron chi connectivity index (χ3n) is 23.3. The van der Waals surface area contributed by atoms with Gasteiger partial charge in [0.15, 0.2) is 32.7 Å². The van der Waals surface area contributed by atoms with Crippen LogP contribution in [0.5, 0.6) is 28.9 Å². The highest BCUT2D eigenvalue weighted by Gasteiger charge is 2.72. The van der Waals surface area contributed by atoms with E-state index in [1.807, 2.05) is 75.4 Å². The van der Waals surface area contributed by atoms with Crippen LogP contribution in [-0.2, 0) is 25.1 Å². The Balaban J connectivity index is 0.000000122. The molecule has 0 spiro atoms. The van der Waals surface area contributed by atoms with Gasteiger partial charge in [0.2, 0.25) is 17.8 Å². The number of aromatic nitrogens is 9. The van der Waals surface area contributed by atoms with Gasteiger partial charge in [0.05, 0.1) is 45.8 Å². The van der Waals surface area contributed by atoms with E-state index in [2.05, 4.69) is 82.5 Å². The average molecular weight is 1800 g/mol. The minimum Gasteiger partial charge on any atom is -0.484 e. The van der Waals surface area contributed by atoms with Crippen LogP contribution in [0.1, 0.15) is 121 Å². The molecule has 23 rings (SSSR count). The van der Waals surface area contributed by atoms with Crippen LogP contribution in [0.25, 0.3) is 33.1 Å². The van der Waals surface area contributed by atoms with Crippen molar-refractivity contribution in [2.75, 3.05) is 54.3 Å². The number of anilines is 4. The lowest BCUT2D eigenvalue weighted by Crippen LogP contribution is -2.81. The molecule has 12 aliphatic carbocycles. The zero-order chi connectivity index (χ0) is 87.4. The van der Waals surface area contributed by atoms with Gasteiger partial charge in [-0.25, -0.2) is 32.8 Å². The maximum Gasteiger partial charge on any atom is 0.286 e. The minimum atomic E-state index is -3.01. The second kappa shape index (κ2) is 33.9. The van der Waals surface area contributed by atoms with Gasteiger partial charge in [-0.05, 0) is 220 Å². The molecule has 6 heterocycles. The van der Waals surface area contributed by atoms with Gasteiger partial charge in [0.1, 0.15) is 40.3 Å². The number of carbonyl (C=O) groups is 4. The number of hydrogen-bond donors (Lipinski definition) is 8. The van der Waals surface area contributed by atoms with Crippen LogP contribution < -0.4 is 66.2 Å². The number of aryl methyl sites for hydroxylation is 2. The molecule has 4 amide bonds. The first kappa shape index (κ1) is 86.2. The molecule has 1 atom stereocenters. The summed E-state index contributed by atoms with van der Waals surface area (Å²) in [7, 11) is 0. The topological polar surface area (TPSA) is 319 Å². The van der Waals surface area contributed by atoms with E-state index in [4.69, 9.17) is 81.7 Å². The molecule has 646 valence electrons. The van der Waals surface area contributed by atoms with Gasteiger partial charge in [0.25, 0.3) is 29.6 Å². The lowest BCUT2D eigenvalue weighted by Gasteiger charge is -2.70. The second-order valence-corrected chi connectivity index (χ2v) is 35.8. The van der Waals surface area contributed by atoms with Gasteiger partial charge < -0.3 is 66.2 Å². The largest absolute Gasteiger partial charge is 0.484 e. The number of hydrogen-bond acceptors (Lipinski definition) is 21. The van der Waals surface area contributed by atoms with Crippen LogP contribution in [0.2, 0.25) is 25.1 Å². The van der Waals surface area contributed by atoms with Crippen molar-refractivity contribution in [1.82, 2.24) is 65.9 Å². The number of nitrogens with one attached hydrogen (secondary N) is 8. The van der Waals surface area contributed by atoms with Gasteiger partial charge in [-0.3, -0.25) is 34.1 Å². The van der Waals surface area contributed by atoms with Crippen LogP contribution in [0.15, 0.2) is 165 Å². The first-order valence-electron chi connectivity index (χ1n) is 40.0. The van der Waals surface area contributed by atoms with Gasteiger partial charge in [-0.2, -0.15) is 18.9 Å². The zero-order valence-corrected chi connectivity index (χ0v) is 71.4. The molecule has 26 nitrogen and oxygen atoms in total. The molecule has 124 heavy (non-hydrogen) atoms. The van der Waals surface area contributed by atoms with Gasteiger partial charge >= 0.3 is 0 Å². The Labute approximate surface area is 733 Å². The van der Waals surface area contributed by atoms with Crippen LogP contribution in [-0.4, -0.2) is 146 Å². The molecule has 0 saturated heterocycles. The Morgan fingerprint density at radius 3 is 1.31 bits per heavy atom. The fourth-order valence-corrected chi connectivity index (χ4v) is 19.0. The molecule has 12 saturated carbocycles. The summed E-state index contributed by atoms with van der Waals surface area (Å²) in [5.74, 6) is -2.05. The Kier molecular flexibility index (Phi) is 23.6. The van der Waals surface area contributed by atoms with E-state index in [0.29, 0.717) is 56.5 Å². The van der Waals surface area contributed by atoms with E-state index < -0.39 is 23.9 Å². The number of nitrogens with zero attached hydrogens (tertiary/aromatic N) is 9. The van der Waals surface area contributed by atoms with Crippen molar-refractivity contribution in [1.29, 1.82) is 0 Å². The summed E-state index contributed by atoms with van der Waals surface area (Å²) in [4.78, 5) is 79.2. The highest BCUT2D eigenvalue weighted by atomic mass is 35.5. The number of halogens is 10. The Morgan fingerprint density at radius 2 is 0.895 bits per heavy atom. The predicted molar refractivity (Wildman–Crippen MR) is 460 cm³/mol. The predicted octanol–water partition coefficient (Wildman–Crippen LogP) is 17.0. The molecule has 0 aliphatic heterocycles. The standard InChI is InChI=1S/C23H21Cl2N3O2.C23H21ClF2N4O2.C22H21ClF2N6O2.C20H22ClFN4O3/c1-14-8-16(3-5-18(14)25)30-10-21(29)28-23-11-22(12-23,13-23)27-19-6-7-26-20-9-15(24)2-4-17(19)20;1-21(25,26)19-5-3-15(9-28-19)32-10-20(31)30-23-11-22(12-23,13-23)29-17-6-7-27-18-8-14(24)2-4-16(17)18;1-13(24)31-8-14(7-27-31)18-4-5-26-20(28-18)30-22-10-21(11-22,12-22)29-19(32)9-33-15-2-3-16(23)17(25)6-15;1-3-28-17-6-12(2)23-18(24-17)26-20-9-19(10-20,11-20)25-16(27)8-29-13-4-5-14(21)15(22)7-13/h2-9H,10-13H2,1H3,(H,26,27)(H,28,29);2-9H,10-13H2,1H3,(H,27,29)(H,30,31);2-8,13H,9-12H2,1H3,(H,29,32)(H,26,28,30);4-7H,3,8-11H2,1-2H3,(H,25,27)(H,23,24,26). The van der Waals surface area contributed by atoms with Crippen LogP contribution in [0, 0.1) is 25.5 Å². The molecule has 12 aliphatic rings. The summed E-state index contributed by atoms with van der Waals surface area (Å²) < 4.78 is 95.1. The van der Waals surface area contributed by atoms with Crippen molar-refractivity contribution in [3.05, 3.63) is 218 Å². The maximum atomic E-state index is 13.5. The number of carbonyl (C=O) groups excluding carboxylic acids is 4. The van der Waals surface area contributed by atoms with Gasteiger partial charge in [0, 0.05) is 143 Å². The third-order valence-corrected chi connectivity index (χ3v) is 24.8.